The molecule has 9 rings (SSSR count). The molecule has 3 saturated heterocycles. The Morgan fingerprint density at radius 3 is 2.29 bits per heavy atom. The molecule has 0 spiro atoms. The number of imide groups is 1. The van der Waals surface area contributed by atoms with Gasteiger partial charge in [-0.25, -0.2) is 4.39 Å². The smallest absolute Gasteiger partial charge is 0.255 e. The van der Waals surface area contributed by atoms with Crippen molar-refractivity contribution in [2.45, 2.75) is 57.0 Å². The lowest BCUT2D eigenvalue weighted by Gasteiger charge is -2.40. The maximum atomic E-state index is 14.1. The molecule has 0 radical (unpaired) electrons. The number of amides is 3. The minimum atomic E-state index is -0.599. The first kappa shape index (κ1) is 36.2. The number of nitrogens with zero attached hydrogens (tertiary/aromatic N) is 4. The van der Waals surface area contributed by atoms with Crippen molar-refractivity contribution in [1.29, 1.82) is 0 Å². The molecular formula is C45H48FN5O5. The van der Waals surface area contributed by atoms with E-state index in [4.69, 9.17) is 4.74 Å². The van der Waals surface area contributed by atoms with Gasteiger partial charge in [-0.2, -0.15) is 0 Å². The minimum absolute atomic E-state index is 0.00557. The number of carbonyl (C=O) groups excluding carboxylic acids is 3. The zero-order valence-electron chi connectivity index (χ0n) is 31.8. The van der Waals surface area contributed by atoms with Gasteiger partial charge < -0.3 is 24.5 Å². The van der Waals surface area contributed by atoms with Gasteiger partial charge in [-0.15, -0.1) is 0 Å². The van der Waals surface area contributed by atoms with Crippen LogP contribution in [-0.4, -0.2) is 91.1 Å². The molecule has 3 fully saturated rings. The molecule has 4 aromatic carbocycles. The minimum Gasteiger partial charge on any atom is -0.508 e. The maximum Gasteiger partial charge on any atom is 0.255 e. The number of rotatable bonds is 7. The van der Waals surface area contributed by atoms with Gasteiger partial charge in [0.2, 0.25) is 11.8 Å². The standard InChI is InChI=1S/C45H48FN5O5/c1-28-22-32(46)4-9-36(28)39-27-56-41-24-35(52)8-11-38(41)43(39)30-2-5-33(6-3-30)49-16-14-29(15-17-49)25-48-18-20-50(21-19-48)34-7-10-37-31(23-34)26-51(45(37)55)40-12-13-42(53)47-44(40)54/h2-11,22-24,29,39-40,43,52H,12-21,25-27H2,1H3,(H,47,53,54). The molecule has 5 aliphatic heterocycles. The lowest BCUT2D eigenvalue weighted by molar-refractivity contribution is -0.136. The summed E-state index contributed by atoms with van der Waals surface area (Å²) in [5.41, 5.74) is 8.12. The fourth-order valence-corrected chi connectivity index (χ4v) is 9.71. The molecule has 0 saturated carbocycles. The van der Waals surface area contributed by atoms with Crippen LogP contribution in [0.1, 0.15) is 75.7 Å². The van der Waals surface area contributed by atoms with Gasteiger partial charge in [-0.1, -0.05) is 24.3 Å². The van der Waals surface area contributed by atoms with Crippen molar-refractivity contribution in [1.82, 2.24) is 15.1 Å². The van der Waals surface area contributed by atoms with E-state index >= 15 is 0 Å². The molecule has 0 aliphatic carbocycles. The first-order valence-corrected chi connectivity index (χ1v) is 20.0. The molecule has 56 heavy (non-hydrogen) atoms. The van der Waals surface area contributed by atoms with Crippen molar-refractivity contribution in [3.05, 3.63) is 118 Å². The van der Waals surface area contributed by atoms with Gasteiger partial charge in [0.15, 0.2) is 0 Å². The molecular weight excluding hydrogens is 710 g/mol. The van der Waals surface area contributed by atoms with Crippen molar-refractivity contribution in [2.75, 3.05) is 62.2 Å². The third-order valence-electron chi connectivity index (χ3n) is 12.8. The Morgan fingerprint density at radius 1 is 0.804 bits per heavy atom. The Morgan fingerprint density at radius 2 is 1.54 bits per heavy atom. The monoisotopic (exact) mass is 757 g/mol. The summed E-state index contributed by atoms with van der Waals surface area (Å²) >= 11 is 0. The molecule has 290 valence electrons. The van der Waals surface area contributed by atoms with E-state index in [1.807, 2.05) is 31.2 Å². The number of nitrogens with one attached hydrogen (secondary N) is 1. The number of fused-ring (bicyclic) bond motifs is 2. The molecule has 5 heterocycles. The summed E-state index contributed by atoms with van der Waals surface area (Å²) in [7, 11) is 0. The predicted octanol–water partition coefficient (Wildman–Crippen LogP) is 5.95. The van der Waals surface area contributed by atoms with E-state index in [0.29, 0.717) is 36.8 Å². The number of piperidine rings is 2. The van der Waals surface area contributed by atoms with Crippen molar-refractivity contribution < 1.29 is 28.6 Å². The van der Waals surface area contributed by atoms with Crippen LogP contribution in [0.3, 0.4) is 0 Å². The predicted molar refractivity (Wildman–Crippen MR) is 212 cm³/mol. The van der Waals surface area contributed by atoms with Crippen LogP contribution >= 0.6 is 0 Å². The first-order valence-electron chi connectivity index (χ1n) is 20.0. The number of hydrogen-bond donors (Lipinski definition) is 2. The summed E-state index contributed by atoms with van der Waals surface area (Å²) in [4.78, 5) is 46.3. The second kappa shape index (κ2) is 14.9. The zero-order chi connectivity index (χ0) is 38.5. The highest BCUT2D eigenvalue weighted by Gasteiger charge is 2.40. The molecule has 0 bridgehead atoms. The van der Waals surface area contributed by atoms with Crippen molar-refractivity contribution >= 4 is 29.1 Å². The van der Waals surface area contributed by atoms with Crippen LogP contribution in [0.2, 0.25) is 0 Å². The number of phenolic OH excluding ortho intramolecular Hbond substituents is 1. The normalized spacial score (nSPS) is 23.1. The number of benzene rings is 4. The number of aromatic hydroxyl groups is 1. The Bertz CT molecular complexity index is 2160. The third kappa shape index (κ3) is 6.97. The summed E-state index contributed by atoms with van der Waals surface area (Å²) in [5.74, 6) is 0.501. The number of carbonyl (C=O) groups is 3. The number of halogens is 1. The van der Waals surface area contributed by atoms with E-state index in [-0.39, 0.29) is 47.5 Å². The first-order chi connectivity index (χ1) is 27.2. The number of ether oxygens (including phenoxy) is 1. The highest BCUT2D eigenvalue weighted by molar-refractivity contribution is 6.05. The number of anilines is 2. The summed E-state index contributed by atoms with van der Waals surface area (Å²) in [5, 5.41) is 12.6. The zero-order valence-corrected chi connectivity index (χ0v) is 31.8. The van der Waals surface area contributed by atoms with Crippen LogP contribution in [0.4, 0.5) is 15.8 Å². The van der Waals surface area contributed by atoms with Crippen molar-refractivity contribution in [3.8, 4) is 11.5 Å². The maximum absolute atomic E-state index is 14.1. The van der Waals surface area contributed by atoms with Gasteiger partial charge in [-0.05, 0) is 103 Å². The third-order valence-corrected chi connectivity index (χ3v) is 12.8. The van der Waals surface area contributed by atoms with Gasteiger partial charge in [0.25, 0.3) is 5.91 Å². The average Bonchev–Trinajstić information content (AvgIpc) is 3.53. The topological polar surface area (TPSA) is 106 Å². The quantitative estimate of drug-likeness (QED) is 0.223. The van der Waals surface area contributed by atoms with Crippen molar-refractivity contribution in [3.63, 3.8) is 0 Å². The van der Waals surface area contributed by atoms with E-state index < -0.39 is 6.04 Å². The fourth-order valence-electron chi connectivity index (χ4n) is 9.71. The van der Waals surface area contributed by atoms with Gasteiger partial charge in [0.05, 0.1) is 6.61 Å². The number of phenols is 1. The number of piperazine rings is 1. The molecule has 3 amide bonds. The molecule has 2 N–H and O–H groups in total. The van der Waals surface area contributed by atoms with Crippen molar-refractivity contribution in [2.24, 2.45) is 5.92 Å². The Hall–Kier alpha value is -5.42. The van der Waals surface area contributed by atoms with Crippen LogP contribution in [0.25, 0.3) is 0 Å². The second-order valence-electron chi connectivity index (χ2n) is 16.2. The molecule has 4 aromatic rings. The van der Waals surface area contributed by atoms with Crippen LogP contribution in [0, 0.1) is 18.7 Å². The number of hydrogen-bond acceptors (Lipinski definition) is 8. The SMILES string of the molecule is Cc1cc(F)ccc1C1COc2cc(O)ccc2C1c1ccc(N2CCC(CN3CCN(c4ccc5c(c4)CN(C4CCC(=O)NC4=O)C5=O)CC3)CC2)cc1. The van der Waals surface area contributed by atoms with Gasteiger partial charge in [-0.3, -0.25) is 24.6 Å². The largest absolute Gasteiger partial charge is 0.508 e. The highest BCUT2D eigenvalue weighted by atomic mass is 19.1. The van der Waals surface area contributed by atoms with Gasteiger partial charge >= 0.3 is 0 Å². The summed E-state index contributed by atoms with van der Waals surface area (Å²) < 4.78 is 20.2. The molecule has 0 aromatic heterocycles. The van der Waals surface area contributed by atoms with E-state index in [0.717, 1.165) is 86.6 Å². The molecule has 3 atom stereocenters. The second-order valence-corrected chi connectivity index (χ2v) is 16.2. The summed E-state index contributed by atoms with van der Waals surface area (Å²) in [6, 6.07) is 24.7. The van der Waals surface area contributed by atoms with Gasteiger partial charge in [0.1, 0.15) is 23.4 Å². The summed E-state index contributed by atoms with van der Waals surface area (Å²) in [6.45, 7) is 9.77. The molecule has 5 aliphatic rings. The van der Waals surface area contributed by atoms with Crippen LogP contribution < -0.4 is 19.9 Å². The van der Waals surface area contributed by atoms with E-state index in [1.165, 1.54) is 17.3 Å². The Balaban J connectivity index is 0.790. The van der Waals surface area contributed by atoms with Crippen LogP contribution in [0.5, 0.6) is 11.5 Å². The van der Waals surface area contributed by atoms with Gasteiger partial charge in [0, 0.05) is 99.2 Å². The molecule has 11 heteroatoms. The van der Waals surface area contributed by atoms with Crippen LogP contribution in [-0.2, 0) is 16.1 Å². The lowest BCUT2D eigenvalue weighted by Crippen LogP contribution is -2.52. The molecule has 10 nitrogen and oxygen atoms in total. The lowest BCUT2D eigenvalue weighted by atomic mass is 9.75. The average molecular weight is 758 g/mol. The van der Waals surface area contributed by atoms with E-state index in [2.05, 4.69) is 50.3 Å². The van der Waals surface area contributed by atoms with E-state index in [1.54, 1.807) is 23.1 Å². The fraction of sp³-hybridized carbons (Fsp3) is 0.400. The molecule has 3 unspecified atom stereocenters. The highest BCUT2D eigenvalue weighted by Crippen LogP contribution is 2.48. The van der Waals surface area contributed by atoms with E-state index in [9.17, 15) is 23.9 Å². The Kier molecular flexibility index (Phi) is 9.65. The summed E-state index contributed by atoms with van der Waals surface area (Å²) in [6.07, 6.45) is 2.91. The number of aryl methyl sites for hydroxylation is 1. The van der Waals surface area contributed by atoms with Crippen LogP contribution in [0.15, 0.2) is 78.9 Å². The Labute approximate surface area is 326 Å².